The average molecular weight is 332 g/mol. The van der Waals surface area contributed by atoms with Crippen LogP contribution in [0.15, 0.2) is 22.3 Å². The lowest BCUT2D eigenvalue weighted by Crippen LogP contribution is -2.20. The molecule has 0 N–H and O–H groups in total. The molecule has 7 heteroatoms. The third kappa shape index (κ3) is 2.11. The topological polar surface area (TPSA) is 52.7 Å². The highest BCUT2D eigenvalue weighted by molar-refractivity contribution is 7.98. The Labute approximate surface area is 136 Å². The number of thiophene rings is 1. The number of hydrogen-bond donors (Lipinski definition) is 0. The first-order chi connectivity index (χ1) is 10.6. The van der Waals surface area contributed by atoms with Crippen LogP contribution in [0.3, 0.4) is 0 Å². The van der Waals surface area contributed by atoms with Gasteiger partial charge in [0.15, 0.2) is 5.16 Å². The van der Waals surface area contributed by atoms with Crippen molar-refractivity contribution >= 4 is 33.3 Å². The van der Waals surface area contributed by atoms with Gasteiger partial charge >= 0.3 is 0 Å². The Hall–Kier alpha value is -1.60. The van der Waals surface area contributed by atoms with Crippen LogP contribution in [0, 0.1) is 0 Å². The monoisotopic (exact) mass is 332 g/mol. The minimum absolute atomic E-state index is 0.0896. The fraction of sp³-hybridized carbons (Fsp3) is 0.400. The van der Waals surface area contributed by atoms with E-state index in [4.69, 9.17) is 4.98 Å². The van der Waals surface area contributed by atoms with Gasteiger partial charge in [-0.1, -0.05) is 11.8 Å². The molecule has 0 bridgehead atoms. The second kappa shape index (κ2) is 5.24. The Morgan fingerprint density at radius 3 is 3.00 bits per heavy atom. The maximum atomic E-state index is 12.7. The second-order valence-corrected chi connectivity index (χ2v) is 7.57. The molecule has 0 saturated carbocycles. The zero-order valence-electron chi connectivity index (χ0n) is 12.5. The Kier molecular flexibility index (Phi) is 3.34. The fourth-order valence-corrected chi connectivity index (χ4v) is 5.18. The predicted molar refractivity (Wildman–Crippen MR) is 89.7 cm³/mol. The third-order valence-corrected chi connectivity index (χ3v) is 6.37. The van der Waals surface area contributed by atoms with E-state index in [1.54, 1.807) is 33.9 Å². The molecule has 1 aliphatic carbocycles. The van der Waals surface area contributed by atoms with Crippen LogP contribution in [0.4, 0.5) is 0 Å². The highest BCUT2D eigenvalue weighted by Gasteiger charge is 2.22. The van der Waals surface area contributed by atoms with Crippen LogP contribution in [-0.2, 0) is 32.7 Å². The number of thioether (sulfide) groups is 1. The summed E-state index contributed by atoms with van der Waals surface area (Å²) in [7, 11) is 3.79. The van der Waals surface area contributed by atoms with Crippen LogP contribution >= 0.6 is 23.1 Å². The molecule has 22 heavy (non-hydrogen) atoms. The molecule has 0 amide bonds. The molecule has 0 radical (unpaired) electrons. The van der Waals surface area contributed by atoms with E-state index < -0.39 is 0 Å². The van der Waals surface area contributed by atoms with Gasteiger partial charge in [0.2, 0.25) is 0 Å². The van der Waals surface area contributed by atoms with Gasteiger partial charge in [-0.05, 0) is 24.8 Å². The molecule has 3 aromatic heterocycles. The lowest BCUT2D eigenvalue weighted by atomic mass is 10.2. The summed E-state index contributed by atoms with van der Waals surface area (Å²) in [4.78, 5) is 24.0. The van der Waals surface area contributed by atoms with Crippen LogP contribution < -0.4 is 5.56 Å². The SMILES string of the molecule is Cn1ccnc1CSc1nc2sc3c(c2c(=O)n1C)CCC3. The van der Waals surface area contributed by atoms with Gasteiger partial charge < -0.3 is 4.57 Å². The van der Waals surface area contributed by atoms with E-state index in [9.17, 15) is 4.79 Å². The summed E-state index contributed by atoms with van der Waals surface area (Å²) < 4.78 is 3.67. The van der Waals surface area contributed by atoms with E-state index in [0.29, 0.717) is 5.75 Å². The normalized spacial score (nSPS) is 13.9. The zero-order valence-corrected chi connectivity index (χ0v) is 14.1. The Morgan fingerprint density at radius 1 is 1.36 bits per heavy atom. The lowest BCUT2D eigenvalue weighted by molar-refractivity contribution is 0.725. The number of rotatable bonds is 3. The molecule has 0 fully saturated rings. The molecule has 0 unspecified atom stereocenters. The molecule has 3 heterocycles. The molecule has 0 saturated heterocycles. The molecule has 4 rings (SSSR count). The summed E-state index contributed by atoms with van der Waals surface area (Å²) in [5, 5.41) is 1.61. The largest absolute Gasteiger partial charge is 0.337 e. The molecular formula is C15H16N4OS2. The quantitative estimate of drug-likeness (QED) is 0.546. The van der Waals surface area contributed by atoms with Crippen molar-refractivity contribution in [3.63, 3.8) is 0 Å². The van der Waals surface area contributed by atoms with E-state index in [-0.39, 0.29) is 5.56 Å². The minimum Gasteiger partial charge on any atom is -0.337 e. The minimum atomic E-state index is 0.0896. The van der Waals surface area contributed by atoms with E-state index >= 15 is 0 Å². The molecule has 3 aromatic rings. The molecule has 114 valence electrons. The van der Waals surface area contributed by atoms with E-state index in [0.717, 1.165) is 40.5 Å². The number of nitrogens with zero attached hydrogens (tertiary/aromatic N) is 4. The van der Waals surface area contributed by atoms with Crippen LogP contribution in [0.2, 0.25) is 0 Å². The number of imidazole rings is 1. The second-order valence-electron chi connectivity index (χ2n) is 5.54. The third-order valence-electron chi connectivity index (χ3n) is 4.16. The molecule has 0 aromatic carbocycles. The first kappa shape index (κ1) is 14.0. The van der Waals surface area contributed by atoms with Gasteiger partial charge in [-0.15, -0.1) is 11.3 Å². The number of hydrogen-bond acceptors (Lipinski definition) is 5. The standard InChI is InChI=1S/C15H16N4OS2/c1-18-7-6-16-11(18)8-21-15-17-13-12(14(20)19(15)2)9-4-3-5-10(9)22-13/h6-7H,3-5,8H2,1-2H3. The molecular weight excluding hydrogens is 316 g/mol. The van der Waals surface area contributed by atoms with Crippen LogP contribution in [0.5, 0.6) is 0 Å². The summed E-state index contributed by atoms with van der Waals surface area (Å²) in [5.74, 6) is 1.69. The highest BCUT2D eigenvalue weighted by atomic mass is 32.2. The smallest absolute Gasteiger partial charge is 0.262 e. The van der Waals surface area contributed by atoms with E-state index in [1.165, 1.54) is 10.4 Å². The number of aryl methyl sites for hydroxylation is 3. The van der Waals surface area contributed by atoms with Gasteiger partial charge in [0.05, 0.1) is 11.1 Å². The van der Waals surface area contributed by atoms with E-state index in [2.05, 4.69) is 4.98 Å². The van der Waals surface area contributed by atoms with Gasteiger partial charge in [0.25, 0.3) is 5.56 Å². The summed E-state index contributed by atoms with van der Waals surface area (Å²) >= 11 is 3.26. The zero-order chi connectivity index (χ0) is 15.3. The Morgan fingerprint density at radius 2 is 2.23 bits per heavy atom. The Balaban J connectivity index is 1.74. The molecule has 0 aliphatic heterocycles. The van der Waals surface area contributed by atoms with Gasteiger partial charge in [-0.2, -0.15) is 0 Å². The molecule has 0 atom stereocenters. The first-order valence-corrected chi connectivity index (χ1v) is 9.05. The molecule has 0 spiro atoms. The van der Waals surface area contributed by atoms with Crippen molar-refractivity contribution in [1.29, 1.82) is 0 Å². The summed E-state index contributed by atoms with van der Waals surface area (Å²) in [5.41, 5.74) is 1.33. The van der Waals surface area contributed by atoms with Crippen LogP contribution in [-0.4, -0.2) is 19.1 Å². The number of aromatic nitrogens is 4. The first-order valence-electron chi connectivity index (χ1n) is 7.25. The molecule has 5 nitrogen and oxygen atoms in total. The van der Waals surface area contributed by atoms with Crippen LogP contribution in [0.1, 0.15) is 22.7 Å². The van der Waals surface area contributed by atoms with Crippen LogP contribution in [0.25, 0.3) is 10.2 Å². The highest BCUT2D eigenvalue weighted by Crippen LogP contribution is 2.35. The maximum Gasteiger partial charge on any atom is 0.262 e. The van der Waals surface area contributed by atoms with Gasteiger partial charge in [-0.3, -0.25) is 9.36 Å². The van der Waals surface area contributed by atoms with Gasteiger partial charge in [0.1, 0.15) is 10.7 Å². The molecule has 1 aliphatic rings. The maximum absolute atomic E-state index is 12.7. The summed E-state index contributed by atoms with van der Waals surface area (Å²) in [6.45, 7) is 0. The van der Waals surface area contributed by atoms with E-state index in [1.807, 2.05) is 24.9 Å². The Bertz CT molecular complexity index is 922. The van der Waals surface area contributed by atoms with Crippen molar-refractivity contribution in [3.05, 3.63) is 39.0 Å². The van der Waals surface area contributed by atoms with Crippen molar-refractivity contribution in [3.8, 4) is 0 Å². The summed E-state index contributed by atoms with van der Waals surface area (Å²) in [6.07, 6.45) is 6.99. The van der Waals surface area contributed by atoms with Gasteiger partial charge in [0, 0.05) is 31.4 Å². The van der Waals surface area contributed by atoms with Crippen molar-refractivity contribution in [2.75, 3.05) is 0 Å². The van der Waals surface area contributed by atoms with Crippen molar-refractivity contribution in [1.82, 2.24) is 19.1 Å². The van der Waals surface area contributed by atoms with Gasteiger partial charge in [-0.25, -0.2) is 9.97 Å². The lowest BCUT2D eigenvalue weighted by Gasteiger charge is -2.07. The predicted octanol–water partition coefficient (Wildman–Crippen LogP) is 2.51. The van der Waals surface area contributed by atoms with Crippen molar-refractivity contribution in [2.45, 2.75) is 30.2 Å². The van der Waals surface area contributed by atoms with Crippen molar-refractivity contribution in [2.24, 2.45) is 14.1 Å². The average Bonchev–Trinajstić information content (AvgIpc) is 3.17. The fourth-order valence-electron chi connectivity index (χ4n) is 2.90. The number of fused-ring (bicyclic) bond motifs is 3. The summed E-state index contributed by atoms with van der Waals surface area (Å²) in [6, 6.07) is 0. The van der Waals surface area contributed by atoms with Crippen molar-refractivity contribution < 1.29 is 0 Å².